The third kappa shape index (κ3) is 4.77. The van der Waals surface area contributed by atoms with Crippen molar-refractivity contribution in [1.29, 1.82) is 0 Å². The van der Waals surface area contributed by atoms with E-state index in [1.165, 1.54) is 18.2 Å². The summed E-state index contributed by atoms with van der Waals surface area (Å²) in [6, 6.07) is 12.3. The van der Waals surface area contributed by atoms with Gasteiger partial charge >= 0.3 is 6.03 Å². The summed E-state index contributed by atoms with van der Waals surface area (Å²) in [5.74, 6) is -1.73. The fourth-order valence-electron chi connectivity index (χ4n) is 3.88. The van der Waals surface area contributed by atoms with Crippen LogP contribution in [0.5, 0.6) is 0 Å². The zero-order valence-electron chi connectivity index (χ0n) is 16.7. The first-order chi connectivity index (χ1) is 14.5. The molecule has 0 saturated carbocycles. The first-order valence-electron chi connectivity index (χ1n) is 10.1. The van der Waals surface area contributed by atoms with Crippen molar-refractivity contribution in [3.8, 4) is 0 Å². The molecule has 8 heteroatoms. The minimum Gasteiger partial charge on any atom is -0.347 e. The highest BCUT2D eigenvalue weighted by molar-refractivity contribution is 5.89. The van der Waals surface area contributed by atoms with E-state index in [0.717, 1.165) is 13.0 Å². The molecular formula is C22H25F2N3O3. The molecule has 1 atom stereocenters. The molecule has 0 bridgehead atoms. The number of ether oxygens (including phenoxy) is 2. The number of amides is 2. The van der Waals surface area contributed by atoms with E-state index in [2.05, 4.69) is 10.2 Å². The van der Waals surface area contributed by atoms with E-state index in [1.807, 2.05) is 6.07 Å². The lowest BCUT2D eigenvalue weighted by molar-refractivity contribution is -0.260. The third-order valence-electron chi connectivity index (χ3n) is 5.36. The number of nitrogens with zero attached hydrogens (tertiary/aromatic N) is 2. The van der Waals surface area contributed by atoms with Gasteiger partial charge < -0.3 is 19.7 Å². The van der Waals surface area contributed by atoms with Crippen LogP contribution in [0.2, 0.25) is 0 Å². The number of urea groups is 1. The Morgan fingerprint density at radius 1 is 0.967 bits per heavy atom. The molecule has 160 valence electrons. The summed E-state index contributed by atoms with van der Waals surface area (Å²) in [5.41, 5.74) is 0.741. The van der Waals surface area contributed by atoms with Gasteiger partial charge in [0.2, 0.25) is 0 Å². The average Bonchev–Trinajstić information content (AvgIpc) is 2.93. The van der Waals surface area contributed by atoms with Gasteiger partial charge in [-0.05, 0) is 24.6 Å². The van der Waals surface area contributed by atoms with Gasteiger partial charge in [0.1, 0.15) is 11.6 Å². The van der Waals surface area contributed by atoms with Gasteiger partial charge in [0.15, 0.2) is 5.79 Å². The fraction of sp³-hybridized carbons (Fsp3) is 0.409. The molecule has 4 rings (SSSR count). The number of benzene rings is 2. The number of carbonyl (C=O) groups is 1. The maximum absolute atomic E-state index is 14.1. The monoisotopic (exact) mass is 417 g/mol. The van der Waals surface area contributed by atoms with Crippen LogP contribution in [0.4, 0.5) is 19.3 Å². The molecule has 1 spiro atoms. The van der Waals surface area contributed by atoms with E-state index in [0.29, 0.717) is 38.4 Å². The van der Waals surface area contributed by atoms with Gasteiger partial charge in [0.25, 0.3) is 0 Å². The van der Waals surface area contributed by atoms with Crippen LogP contribution in [0.25, 0.3) is 0 Å². The highest BCUT2D eigenvalue weighted by Crippen LogP contribution is 2.26. The highest BCUT2D eigenvalue weighted by atomic mass is 19.1. The Hall–Kier alpha value is -2.55. The summed E-state index contributed by atoms with van der Waals surface area (Å²) in [5, 5.41) is 2.61. The standard InChI is InChI=1S/C22H25F2N3O3/c23-18-7-2-1-6-17(18)14-26-10-5-12-29-22(15-26)16-27(11-13-30-22)21(28)25-20-9-4-3-8-19(20)24/h1-4,6-9H,5,10-16H2,(H,25,28). The summed E-state index contributed by atoms with van der Waals surface area (Å²) in [6.07, 6.45) is 0.779. The molecule has 0 aliphatic carbocycles. The van der Waals surface area contributed by atoms with Crippen LogP contribution in [0, 0.1) is 11.6 Å². The number of anilines is 1. The van der Waals surface area contributed by atoms with Crippen molar-refractivity contribution in [1.82, 2.24) is 9.80 Å². The first kappa shape index (κ1) is 20.7. The molecule has 30 heavy (non-hydrogen) atoms. The predicted octanol–water partition coefficient (Wildman–Crippen LogP) is 3.45. The Bertz CT molecular complexity index is 897. The van der Waals surface area contributed by atoms with Gasteiger partial charge in [-0.1, -0.05) is 30.3 Å². The molecule has 2 amide bonds. The zero-order valence-corrected chi connectivity index (χ0v) is 16.7. The Morgan fingerprint density at radius 3 is 2.50 bits per heavy atom. The van der Waals surface area contributed by atoms with Gasteiger partial charge in [-0.15, -0.1) is 0 Å². The van der Waals surface area contributed by atoms with E-state index in [4.69, 9.17) is 9.47 Å². The minimum atomic E-state index is -0.993. The van der Waals surface area contributed by atoms with E-state index in [-0.39, 0.29) is 18.0 Å². The quantitative estimate of drug-likeness (QED) is 0.831. The number of nitrogens with one attached hydrogen (secondary N) is 1. The molecule has 2 fully saturated rings. The molecule has 1 unspecified atom stereocenters. The second kappa shape index (κ2) is 9.07. The van der Waals surface area contributed by atoms with Crippen molar-refractivity contribution in [3.05, 3.63) is 65.7 Å². The number of para-hydroxylation sites is 1. The summed E-state index contributed by atoms with van der Waals surface area (Å²) in [7, 11) is 0. The lowest BCUT2D eigenvalue weighted by Crippen LogP contribution is -2.59. The Balaban J connectivity index is 1.45. The van der Waals surface area contributed by atoms with Gasteiger partial charge in [-0.3, -0.25) is 4.90 Å². The molecule has 0 aromatic heterocycles. The van der Waals surface area contributed by atoms with Crippen molar-refractivity contribution in [2.75, 3.05) is 44.7 Å². The van der Waals surface area contributed by atoms with Crippen LogP contribution < -0.4 is 5.32 Å². The van der Waals surface area contributed by atoms with Crippen LogP contribution in [-0.4, -0.2) is 61.0 Å². The molecule has 2 saturated heterocycles. The second-order valence-corrected chi connectivity index (χ2v) is 7.59. The van der Waals surface area contributed by atoms with Crippen LogP contribution in [-0.2, 0) is 16.0 Å². The molecule has 2 aliphatic rings. The van der Waals surface area contributed by atoms with Gasteiger partial charge in [0, 0.05) is 25.2 Å². The SMILES string of the molecule is O=C(Nc1ccccc1F)N1CCOC2(CN(Cc3ccccc3F)CCCO2)C1. The highest BCUT2D eigenvalue weighted by Gasteiger charge is 2.42. The zero-order chi connectivity index (χ0) is 21.0. The number of halogens is 2. The molecule has 2 aromatic rings. The van der Waals surface area contributed by atoms with E-state index in [9.17, 15) is 13.6 Å². The van der Waals surface area contributed by atoms with Gasteiger partial charge in [-0.2, -0.15) is 0 Å². The lowest BCUT2D eigenvalue weighted by atomic mass is 10.1. The summed E-state index contributed by atoms with van der Waals surface area (Å²) in [6.45, 7) is 2.95. The molecular weight excluding hydrogens is 392 g/mol. The Kier molecular flexibility index (Phi) is 6.26. The topological polar surface area (TPSA) is 54.0 Å². The van der Waals surface area contributed by atoms with E-state index >= 15 is 0 Å². The maximum Gasteiger partial charge on any atom is 0.322 e. The smallest absolute Gasteiger partial charge is 0.322 e. The van der Waals surface area contributed by atoms with Crippen molar-refractivity contribution in [2.45, 2.75) is 18.8 Å². The minimum absolute atomic E-state index is 0.131. The van der Waals surface area contributed by atoms with Crippen LogP contribution in [0.1, 0.15) is 12.0 Å². The van der Waals surface area contributed by atoms with Crippen LogP contribution in [0.3, 0.4) is 0 Å². The number of rotatable bonds is 3. The largest absolute Gasteiger partial charge is 0.347 e. The van der Waals surface area contributed by atoms with Gasteiger partial charge in [-0.25, -0.2) is 13.6 Å². The molecule has 1 N–H and O–H groups in total. The normalized spacial score (nSPS) is 22.7. The van der Waals surface area contributed by atoms with Crippen molar-refractivity contribution in [3.63, 3.8) is 0 Å². The van der Waals surface area contributed by atoms with Gasteiger partial charge in [0.05, 0.1) is 32.0 Å². The molecule has 0 radical (unpaired) electrons. The fourth-order valence-corrected chi connectivity index (χ4v) is 3.88. The number of hydrogen-bond acceptors (Lipinski definition) is 4. The average molecular weight is 417 g/mol. The third-order valence-corrected chi connectivity index (χ3v) is 5.36. The lowest BCUT2D eigenvalue weighted by Gasteiger charge is -2.43. The number of carbonyl (C=O) groups excluding carboxylic acids is 1. The van der Waals surface area contributed by atoms with Crippen molar-refractivity contribution >= 4 is 11.7 Å². The van der Waals surface area contributed by atoms with Crippen molar-refractivity contribution < 1.29 is 23.0 Å². The molecule has 2 aliphatic heterocycles. The van der Waals surface area contributed by atoms with E-state index < -0.39 is 17.6 Å². The summed E-state index contributed by atoms with van der Waals surface area (Å²) in [4.78, 5) is 16.4. The predicted molar refractivity (Wildman–Crippen MR) is 108 cm³/mol. The number of morpholine rings is 1. The molecule has 2 heterocycles. The van der Waals surface area contributed by atoms with Crippen LogP contribution in [0.15, 0.2) is 48.5 Å². The maximum atomic E-state index is 14.1. The molecule has 6 nitrogen and oxygen atoms in total. The van der Waals surface area contributed by atoms with Crippen molar-refractivity contribution in [2.24, 2.45) is 0 Å². The van der Waals surface area contributed by atoms with Crippen LogP contribution >= 0.6 is 0 Å². The Labute approximate surface area is 174 Å². The molecule has 2 aromatic carbocycles. The summed E-state index contributed by atoms with van der Waals surface area (Å²) < 4.78 is 40.0. The summed E-state index contributed by atoms with van der Waals surface area (Å²) >= 11 is 0. The first-order valence-corrected chi connectivity index (χ1v) is 10.1. The van der Waals surface area contributed by atoms with E-state index in [1.54, 1.807) is 29.2 Å². The number of hydrogen-bond donors (Lipinski definition) is 1. The second-order valence-electron chi connectivity index (χ2n) is 7.59. The Morgan fingerprint density at radius 2 is 1.70 bits per heavy atom.